The molecule has 0 bridgehead atoms. The van der Waals surface area contributed by atoms with Crippen LogP contribution in [0.5, 0.6) is 0 Å². The highest BCUT2D eigenvalue weighted by molar-refractivity contribution is 5.97. The lowest BCUT2D eigenvalue weighted by Gasteiger charge is -2.03. The molecule has 1 heterocycles. The lowest BCUT2D eigenvalue weighted by molar-refractivity contribution is 0.0696. The molecule has 15 heavy (non-hydrogen) atoms. The van der Waals surface area contributed by atoms with Gasteiger partial charge in [0.05, 0.1) is 5.56 Å². The van der Waals surface area contributed by atoms with E-state index >= 15 is 0 Å². The van der Waals surface area contributed by atoms with Crippen LogP contribution in [0.1, 0.15) is 27.2 Å². The third kappa shape index (κ3) is 1.40. The maximum atomic E-state index is 11.0. The van der Waals surface area contributed by atoms with E-state index in [9.17, 15) is 4.79 Å². The first kappa shape index (κ1) is 9.77. The molecule has 0 aliphatic heterocycles. The molecule has 0 saturated heterocycles. The molecule has 0 radical (unpaired) electrons. The Kier molecular flexibility index (Phi) is 2.03. The molecule has 0 fully saturated rings. The summed E-state index contributed by atoms with van der Waals surface area (Å²) in [4.78, 5) is 11.0. The smallest absolute Gasteiger partial charge is 0.336 e. The van der Waals surface area contributed by atoms with Crippen LogP contribution in [0.25, 0.3) is 11.0 Å². The van der Waals surface area contributed by atoms with E-state index in [2.05, 4.69) is 0 Å². The van der Waals surface area contributed by atoms with E-state index in [1.54, 1.807) is 13.0 Å². The van der Waals surface area contributed by atoms with Gasteiger partial charge in [-0.1, -0.05) is 0 Å². The minimum Gasteiger partial charge on any atom is -0.478 e. The number of aryl methyl sites for hydroxylation is 3. The summed E-state index contributed by atoms with van der Waals surface area (Å²) in [5, 5.41) is 10.0. The Labute approximate surface area is 87.3 Å². The Morgan fingerprint density at radius 2 is 1.93 bits per heavy atom. The first-order valence-electron chi connectivity index (χ1n) is 4.74. The van der Waals surface area contributed by atoms with Gasteiger partial charge in [0, 0.05) is 10.9 Å². The number of furan rings is 1. The van der Waals surface area contributed by atoms with Crippen LogP contribution < -0.4 is 0 Å². The van der Waals surface area contributed by atoms with Crippen molar-refractivity contribution in [1.29, 1.82) is 0 Å². The third-order valence-electron chi connectivity index (χ3n) is 2.62. The number of hydrogen-bond donors (Lipinski definition) is 1. The predicted octanol–water partition coefficient (Wildman–Crippen LogP) is 3.06. The Balaban J connectivity index is 2.89. The van der Waals surface area contributed by atoms with Gasteiger partial charge < -0.3 is 9.52 Å². The fourth-order valence-corrected chi connectivity index (χ4v) is 1.83. The van der Waals surface area contributed by atoms with Crippen LogP contribution in [0, 0.1) is 20.8 Å². The van der Waals surface area contributed by atoms with Gasteiger partial charge in [0.15, 0.2) is 0 Å². The number of hydrogen-bond acceptors (Lipinski definition) is 2. The summed E-state index contributed by atoms with van der Waals surface area (Å²) in [6, 6.07) is 3.62. The fraction of sp³-hybridized carbons (Fsp3) is 0.250. The van der Waals surface area contributed by atoms with Gasteiger partial charge >= 0.3 is 5.97 Å². The standard InChI is InChI=1S/C12H12O3/c1-6-4-10(12(13)14)8(3)11-9(6)5-7(2)15-11/h4-5H,1-3H3,(H,13,14). The topological polar surface area (TPSA) is 50.4 Å². The maximum Gasteiger partial charge on any atom is 0.336 e. The van der Waals surface area contributed by atoms with E-state index in [-0.39, 0.29) is 0 Å². The molecule has 1 N–H and O–H groups in total. The van der Waals surface area contributed by atoms with Gasteiger partial charge in [-0.15, -0.1) is 0 Å². The van der Waals surface area contributed by atoms with Crippen molar-refractivity contribution >= 4 is 16.9 Å². The zero-order valence-corrected chi connectivity index (χ0v) is 8.92. The van der Waals surface area contributed by atoms with Crippen molar-refractivity contribution in [3.8, 4) is 0 Å². The van der Waals surface area contributed by atoms with Crippen molar-refractivity contribution in [1.82, 2.24) is 0 Å². The molecule has 0 aliphatic carbocycles. The van der Waals surface area contributed by atoms with E-state index in [4.69, 9.17) is 9.52 Å². The second-order valence-corrected chi connectivity index (χ2v) is 3.77. The lowest BCUT2D eigenvalue weighted by atomic mass is 10.0. The fourth-order valence-electron chi connectivity index (χ4n) is 1.83. The number of carboxylic acid groups (broad SMARTS) is 1. The molecule has 0 aliphatic rings. The van der Waals surface area contributed by atoms with E-state index in [1.807, 2.05) is 19.9 Å². The summed E-state index contributed by atoms with van der Waals surface area (Å²) in [6.45, 7) is 5.52. The highest BCUT2D eigenvalue weighted by Crippen LogP contribution is 2.28. The summed E-state index contributed by atoms with van der Waals surface area (Å²) in [6.07, 6.45) is 0. The molecule has 78 valence electrons. The van der Waals surface area contributed by atoms with Gasteiger partial charge in [0.1, 0.15) is 11.3 Å². The summed E-state index contributed by atoms with van der Waals surface area (Å²) < 4.78 is 5.51. The monoisotopic (exact) mass is 204 g/mol. The number of aromatic carboxylic acids is 1. The number of carbonyl (C=O) groups is 1. The summed E-state index contributed by atoms with van der Waals surface area (Å²) in [5.74, 6) is -0.106. The summed E-state index contributed by atoms with van der Waals surface area (Å²) in [7, 11) is 0. The van der Waals surface area contributed by atoms with Crippen LogP contribution in [0.15, 0.2) is 16.5 Å². The first-order valence-corrected chi connectivity index (χ1v) is 4.74. The van der Waals surface area contributed by atoms with Crippen LogP contribution >= 0.6 is 0 Å². The van der Waals surface area contributed by atoms with Crippen LogP contribution in [-0.4, -0.2) is 11.1 Å². The molecular weight excluding hydrogens is 192 g/mol. The molecule has 0 unspecified atom stereocenters. The minimum atomic E-state index is -0.911. The molecular formula is C12H12O3. The second kappa shape index (κ2) is 3.12. The molecule has 0 atom stereocenters. The molecule has 3 nitrogen and oxygen atoms in total. The molecule has 0 amide bonds. The molecule has 0 saturated carbocycles. The molecule has 2 rings (SSSR count). The molecule has 1 aromatic heterocycles. The van der Waals surface area contributed by atoms with Crippen molar-refractivity contribution < 1.29 is 14.3 Å². The molecule has 3 heteroatoms. The zero-order chi connectivity index (χ0) is 11.2. The Morgan fingerprint density at radius 3 is 2.53 bits per heavy atom. The SMILES string of the molecule is Cc1cc2c(C)cc(C(=O)O)c(C)c2o1. The van der Waals surface area contributed by atoms with Gasteiger partial charge in [0.2, 0.25) is 0 Å². The summed E-state index contributed by atoms with van der Waals surface area (Å²) in [5.41, 5.74) is 2.63. The lowest BCUT2D eigenvalue weighted by Crippen LogP contribution is -2.00. The Morgan fingerprint density at radius 1 is 1.27 bits per heavy atom. The van der Waals surface area contributed by atoms with Gasteiger partial charge in [-0.2, -0.15) is 0 Å². The van der Waals surface area contributed by atoms with Gasteiger partial charge in [0.25, 0.3) is 0 Å². The highest BCUT2D eigenvalue weighted by atomic mass is 16.4. The van der Waals surface area contributed by atoms with E-state index in [0.29, 0.717) is 16.7 Å². The normalized spacial score (nSPS) is 10.9. The van der Waals surface area contributed by atoms with Gasteiger partial charge in [-0.25, -0.2) is 4.79 Å². The molecule has 0 spiro atoms. The van der Waals surface area contributed by atoms with E-state index < -0.39 is 5.97 Å². The highest BCUT2D eigenvalue weighted by Gasteiger charge is 2.15. The molecule has 2 aromatic rings. The number of rotatable bonds is 1. The molecule has 1 aromatic carbocycles. The number of fused-ring (bicyclic) bond motifs is 1. The van der Waals surface area contributed by atoms with Crippen LogP contribution in [0.2, 0.25) is 0 Å². The number of carboxylic acids is 1. The van der Waals surface area contributed by atoms with E-state index in [0.717, 1.165) is 16.7 Å². The summed E-state index contributed by atoms with van der Waals surface area (Å²) >= 11 is 0. The van der Waals surface area contributed by atoms with Gasteiger partial charge in [-0.3, -0.25) is 0 Å². The largest absolute Gasteiger partial charge is 0.478 e. The van der Waals surface area contributed by atoms with Crippen molar-refractivity contribution in [2.45, 2.75) is 20.8 Å². The van der Waals surface area contributed by atoms with Gasteiger partial charge in [-0.05, 0) is 38.5 Å². The third-order valence-corrected chi connectivity index (χ3v) is 2.62. The van der Waals surface area contributed by atoms with Crippen LogP contribution in [-0.2, 0) is 0 Å². The Hall–Kier alpha value is -1.77. The van der Waals surface area contributed by atoms with Crippen molar-refractivity contribution in [2.24, 2.45) is 0 Å². The Bertz CT molecular complexity index is 549. The maximum absolute atomic E-state index is 11.0. The predicted molar refractivity (Wildman–Crippen MR) is 57.4 cm³/mol. The van der Waals surface area contributed by atoms with Crippen LogP contribution in [0.3, 0.4) is 0 Å². The average Bonchev–Trinajstić information content (AvgIpc) is 2.53. The second-order valence-electron chi connectivity index (χ2n) is 3.77. The van der Waals surface area contributed by atoms with Crippen LogP contribution in [0.4, 0.5) is 0 Å². The minimum absolute atomic E-state index is 0.314. The van der Waals surface area contributed by atoms with Crippen molar-refractivity contribution in [3.05, 3.63) is 34.6 Å². The van der Waals surface area contributed by atoms with Crippen molar-refractivity contribution in [2.75, 3.05) is 0 Å². The number of benzene rings is 1. The first-order chi connectivity index (χ1) is 7.00. The zero-order valence-electron chi connectivity index (χ0n) is 8.92. The quantitative estimate of drug-likeness (QED) is 0.776. The van der Waals surface area contributed by atoms with E-state index in [1.165, 1.54) is 0 Å². The van der Waals surface area contributed by atoms with Crippen molar-refractivity contribution in [3.63, 3.8) is 0 Å². The average molecular weight is 204 g/mol.